The molecule has 0 spiro atoms. The van der Waals surface area contributed by atoms with Gasteiger partial charge in [0.05, 0.1) is 11.1 Å². The number of nitrogens with zero attached hydrogens (tertiary/aromatic N) is 4. The average molecular weight is 430 g/mol. The van der Waals surface area contributed by atoms with Crippen LogP contribution < -0.4 is 0 Å². The highest BCUT2D eigenvalue weighted by Crippen LogP contribution is 2.31. The number of halogens is 1. The van der Waals surface area contributed by atoms with Gasteiger partial charge >= 0.3 is 0 Å². The van der Waals surface area contributed by atoms with Gasteiger partial charge in [0.2, 0.25) is 5.03 Å². The van der Waals surface area contributed by atoms with Gasteiger partial charge in [0, 0.05) is 40.6 Å². The lowest BCUT2D eigenvalue weighted by Gasteiger charge is -2.07. The van der Waals surface area contributed by atoms with Crippen LogP contribution in [0.15, 0.2) is 64.9 Å². The molecule has 4 rings (SSSR count). The van der Waals surface area contributed by atoms with Crippen LogP contribution in [-0.2, 0) is 21.2 Å². The molecule has 0 aliphatic heterocycles. The highest BCUT2D eigenvalue weighted by Gasteiger charge is 2.24. The molecule has 0 aliphatic carbocycles. The van der Waals surface area contributed by atoms with Crippen LogP contribution in [0.3, 0.4) is 0 Å². The van der Waals surface area contributed by atoms with E-state index in [4.69, 9.17) is 0 Å². The van der Waals surface area contributed by atoms with E-state index in [9.17, 15) is 17.4 Å². The molecule has 0 amide bonds. The molecule has 3 aromatic heterocycles. The predicted molar refractivity (Wildman–Crippen MR) is 107 cm³/mol. The number of hydrogen-bond donors (Lipinski definition) is 0. The normalized spacial score (nSPS) is 13.0. The van der Waals surface area contributed by atoms with Gasteiger partial charge in [0.1, 0.15) is 12.1 Å². The lowest BCUT2D eigenvalue weighted by molar-refractivity contribution is 0.588. The maximum atomic E-state index is 13.9. The van der Waals surface area contributed by atoms with Crippen molar-refractivity contribution in [2.45, 2.75) is 16.8 Å². The van der Waals surface area contributed by atoms with Gasteiger partial charge in [-0.15, -0.1) is 0 Å². The molecule has 0 saturated carbocycles. The zero-order chi connectivity index (χ0) is 20.8. The molecule has 0 fully saturated rings. The predicted octanol–water partition coefficient (Wildman–Crippen LogP) is 2.92. The Morgan fingerprint density at radius 3 is 2.55 bits per heavy atom. The lowest BCUT2D eigenvalue weighted by atomic mass is 10.2. The minimum Gasteiger partial charge on any atom is -0.610 e. The summed E-state index contributed by atoms with van der Waals surface area (Å²) in [5.74, 6) is -0.493. The molecule has 10 heteroatoms. The molecule has 0 saturated heterocycles. The van der Waals surface area contributed by atoms with Crippen LogP contribution in [0.1, 0.15) is 5.56 Å². The number of aromatic nitrogens is 4. The Balaban J connectivity index is 1.98. The number of hydrogen-bond acceptors (Lipinski definition) is 6. The summed E-state index contributed by atoms with van der Waals surface area (Å²) >= 11 is -1.36. The fourth-order valence-corrected chi connectivity index (χ4v) is 4.66. The number of pyridine rings is 1. The van der Waals surface area contributed by atoms with E-state index in [2.05, 4.69) is 15.0 Å². The summed E-state index contributed by atoms with van der Waals surface area (Å²) in [5, 5.41) is 0.515. The second-order valence-electron chi connectivity index (χ2n) is 6.35. The van der Waals surface area contributed by atoms with Crippen molar-refractivity contribution in [3.63, 3.8) is 0 Å². The van der Waals surface area contributed by atoms with Crippen molar-refractivity contribution in [2.75, 3.05) is 6.26 Å². The van der Waals surface area contributed by atoms with E-state index in [1.54, 1.807) is 12.1 Å². The second-order valence-corrected chi connectivity index (χ2v) is 9.50. The summed E-state index contributed by atoms with van der Waals surface area (Å²) in [7, 11) is -3.99. The van der Waals surface area contributed by atoms with Gasteiger partial charge in [-0.1, -0.05) is 17.7 Å². The van der Waals surface area contributed by atoms with Crippen LogP contribution in [-0.4, -0.2) is 38.2 Å². The fourth-order valence-electron chi connectivity index (χ4n) is 2.87. The van der Waals surface area contributed by atoms with Crippen molar-refractivity contribution in [3.8, 4) is 11.4 Å². The van der Waals surface area contributed by atoms with E-state index < -0.39 is 27.0 Å². The molecule has 0 aliphatic rings. The number of fused-ring (bicyclic) bond motifs is 1. The Morgan fingerprint density at radius 2 is 1.86 bits per heavy atom. The minimum atomic E-state index is -3.99. The second kappa shape index (κ2) is 7.21. The highest BCUT2D eigenvalue weighted by atomic mass is 32.2. The van der Waals surface area contributed by atoms with Crippen molar-refractivity contribution < 1.29 is 17.4 Å². The van der Waals surface area contributed by atoms with Gasteiger partial charge < -0.3 is 4.55 Å². The fraction of sp³-hybridized carbons (Fsp3) is 0.105. The highest BCUT2D eigenvalue weighted by molar-refractivity contribution is 7.90. The Bertz CT molecular complexity index is 1320. The van der Waals surface area contributed by atoms with Gasteiger partial charge in [-0.05, 0) is 25.1 Å². The first kappa shape index (κ1) is 19.5. The first-order valence-corrected chi connectivity index (χ1v) is 11.4. The standard InChI is InChI=1S/C19H15FN4O3S2/c1-12-3-5-14(6-4-12)29(26,27)24-11-16(15-9-13(20)10-22-19(15)24)18-21-8-7-17(23-18)28(2)25/h3-11H,1-2H3. The topological polar surface area (TPSA) is 101 Å². The molecule has 1 aromatic carbocycles. The van der Waals surface area contributed by atoms with Gasteiger partial charge in [-0.2, -0.15) is 4.98 Å². The van der Waals surface area contributed by atoms with Crippen molar-refractivity contribution in [2.24, 2.45) is 0 Å². The lowest BCUT2D eigenvalue weighted by Crippen LogP contribution is -2.12. The zero-order valence-electron chi connectivity index (χ0n) is 15.4. The summed E-state index contributed by atoms with van der Waals surface area (Å²) in [6.45, 7) is 1.85. The van der Waals surface area contributed by atoms with Crippen molar-refractivity contribution in [1.82, 2.24) is 18.9 Å². The van der Waals surface area contributed by atoms with Crippen molar-refractivity contribution in [3.05, 3.63) is 66.4 Å². The maximum Gasteiger partial charge on any atom is 0.269 e. The molecule has 1 atom stereocenters. The molecule has 3 heterocycles. The van der Waals surface area contributed by atoms with Crippen LogP contribution in [0.25, 0.3) is 22.4 Å². The minimum absolute atomic E-state index is 0.0496. The van der Waals surface area contributed by atoms with Crippen LogP contribution in [0, 0.1) is 12.7 Å². The van der Waals surface area contributed by atoms with Crippen molar-refractivity contribution in [1.29, 1.82) is 0 Å². The quantitative estimate of drug-likeness (QED) is 0.364. The number of aryl methyl sites for hydroxylation is 1. The molecule has 4 aromatic rings. The van der Waals surface area contributed by atoms with E-state index >= 15 is 0 Å². The van der Waals surface area contributed by atoms with E-state index in [0.717, 1.165) is 15.7 Å². The van der Waals surface area contributed by atoms with E-state index in [1.165, 1.54) is 42.9 Å². The van der Waals surface area contributed by atoms with Gasteiger partial charge in [0.25, 0.3) is 10.0 Å². The van der Waals surface area contributed by atoms with Crippen LogP contribution in [0.5, 0.6) is 0 Å². The van der Waals surface area contributed by atoms with Gasteiger partial charge in [-0.25, -0.2) is 26.7 Å². The molecule has 29 heavy (non-hydrogen) atoms. The summed E-state index contributed by atoms with van der Waals surface area (Å²) < 4.78 is 53.1. The Kier molecular flexibility index (Phi) is 4.85. The third-order valence-corrected chi connectivity index (χ3v) is 6.80. The summed E-state index contributed by atoms with van der Waals surface area (Å²) in [5.41, 5.74) is 1.24. The Labute approximate surface area is 169 Å². The average Bonchev–Trinajstić information content (AvgIpc) is 3.08. The molecule has 148 valence electrons. The molecule has 0 N–H and O–H groups in total. The van der Waals surface area contributed by atoms with Gasteiger partial charge in [-0.3, -0.25) is 0 Å². The first-order valence-electron chi connectivity index (χ1n) is 8.43. The van der Waals surface area contributed by atoms with E-state index in [1.807, 2.05) is 6.92 Å². The molecular weight excluding hydrogens is 415 g/mol. The SMILES string of the molecule is Cc1ccc(S(=O)(=O)n2cc(-c3nccc([S+](C)[O-])n3)c3cc(F)cnc32)cc1. The third-order valence-electron chi connectivity index (χ3n) is 4.32. The monoisotopic (exact) mass is 430 g/mol. The van der Waals surface area contributed by atoms with Crippen LogP contribution >= 0.6 is 0 Å². The smallest absolute Gasteiger partial charge is 0.269 e. The number of rotatable bonds is 4. The molecule has 1 unspecified atom stereocenters. The van der Waals surface area contributed by atoms with Gasteiger partial charge in [0.15, 0.2) is 11.5 Å². The summed E-state index contributed by atoms with van der Waals surface area (Å²) in [4.78, 5) is 12.4. The van der Waals surface area contributed by atoms with Crippen LogP contribution in [0.4, 0.5) is 4.39 Å². The third kappa shape index (κ3) is 3.50. The molecular formula is C19H15FN4O3S2. The zero-order valence-corrected chi connectivity index (χ0v) is 17.0. The first-order chi connectivity index (χ1) is 13.8. The number of benzene rings is 1. The Hall–Kier alpha value is -2.82. The maximum absolute atomic E-state index is 13.9. The van der Waals surface area contributed by atoms with Crippen LogP contribution in [0.2, 0.25) is 0 Å². The Morgan fingerprint density at radius 1 is 1.14 bits per heavy atom. The van der Waals surface area contributed by atoms with E-state index in [0.29, 0.717) is 0 Å². The molecule has 0 bridgehead atoms. The summed E-state index contributed by atoms with van der Waals surface area (Å²) in [6, 6.07) is 9.05. The molecule has 7 nitrogen and oxygen atoms in total. The van der Waals surface area contributed by atoms with E-state index in [-0.39, 0.29) is 32.3 Å². The molecule has 0 radical (unpaired) electrons. The largest absolute Gasteiger partial charge is 0.610 e. The van der Waals surface area contributed by atoms with Crippen molar-refractivity contribution >= 4 is 32.2 Å². The summed E-state index contributed by atoms with van der Waals surface area (Å²) in [6.07, 6.45) is 5.15.